The Labute approximate surface area is 113 Å². The van der Waals surface area contributed by atoms with Gasteiger partial charge in [-0.25, -0.2) is 0 Å². The van der Waals surface area contributed by atoms with Crippen LogP contribution < -0.4 is 5.73 Å². The van der Waals surface area contributed by atoms with Gasteiger partial charge in [-0.3, -0.25) is 14.4 Å². The van der Waals surface area contributed by atoms with Crippen LogP contribution in [0.4, 0.5) is 0 Å². The number of hydrogen-bond acceptors (Lipinski definition) is 3. The highest BCUT2D eigenvalue weighted by Crippen LogP contribution is 2.38. The molecule has 2 N–H and O–H groups in total. The summed E-state index contributed by atoms with van der Waals surface area (Å²) in [4.78, 5) is 14.2. The number of hydrogen-bond donors (Lipinski definition) is 1. The Hall–Kier alpha value is -1.36. The molecule has 0 radical (unpaired) electrons. The van der Waals surface area contributed by atoms with Crippen molar-refractivity contribution in [3.05, 3.63) is 17.5 Å². The summed E-state index contributed by atoms with van der Waals surface area (Å²) in [5.74, 6) is -0.0228. The number of primary amides is 1. The summed E-state index contributed by atoms with van der Waals surface area (Å²) in [6.07, 6.45) is 5.76. The van der Waals surface area contributed by atoms with E-state index in [2.05, 4.69) is 16.9 Å². The van der Waals surface area contributed by atoms with Crippen LogP contribution in [0.25, 0.3) is 0 Å². The molecule has 2 aliphatic rings. The van der Waals surface area contributed by atoms with Crippen LogP contribution in [0.1, 0.15) is 36.4 Å². The summed E-state index contributed by atoms with van der Waals surface area (Å²) in [6, 6.07) is 0.670. The lowest BCUT2D eigenvalue weighted by Gasteiger charge is -2.34. The Balaban J connectivity index is 1.85. The van der Waals surface area contributed by atoms with Crippen molar-refractivity contribution < 1.29 is 4.79 Å². The number of nitrogens with two attached hydrogens (primary N) is 1. The van der Waals surface area contributed by atoms with Crippen LogP contribution in [0.5, 0.6) is 0 Å². The third-order valence-electron chi connectivity index (χ3n) is 4.98. The van der Waals surface area contributed by atoms with Crippen LogP contribution in [-0.4, -0.2) is 39.7 Å². The molecule has 19 heavy (non-hydrogen) atoms. The molecule has 1 aromatic heterocycles. The highest BCUT2D eigenvalue weighted by atomic mass is 16.1. The summed E-state index contributed by atoms with van der Waals surface area (Å²) in [6.45, 7) is 3.83. The van der Waals surface area contributed by atoms with Crippen LogP contribution in [0.15, 0.2) is 6.20 Å². The number of carbonyl (C=O) groups excluding carboxylic acids is 1. The second-order valence-electron chi connectivity index (χ2n) is 5.96. The maximum Gasteiger partial charge on any atom is 0.222 e. The number of carbonyl (C=O) groups is 1. The zero-order chi connectivity index (χ0) is 13.6. The Morgan fingerprint density at radius 2 is 2.16 bits per heavy atom. The van der Waals surface area contributed by atoms with E-state index in [1.807, 2.05) is 17.9 Å². The van der Waals surface area contributed by atoms with E-state index < -0.39 is 0 Å². The van der Waals surface area contributed by atoms with Gasteiger partial charge in [-0.2, -0.15) is 5.10 Å². The molecular formula is C14H22N4O. The number of likely N-dealkylation sites (tertiary alicyclic amines) is 1. The van der Waals surface area contributed by atoms with Crippen molar-refractivity contribution in [3.63, 3.8) is 0 Å². The number of aromatic nitrogens is 2. The number of amides is 1. The van der Waals surface area contributed by atoms with Gasteiger partial charge in [-0.05, 0) is 25.3 Å². The first-order valence-corrected chi connectivity index (χ1v) is 7.09. The Kier molecular flexibility index (Phi) is 3.09. The summed E-state index contributed by atoms with van der Waals surface area (Å²) in [5.41, 5.74) is 7.94. The molecule has 5 nitrogen and oxygen atoms in total. The molecule has 2 atom stereocenters. The SMILES string of the molecule is Cc1c([C@H]2CN(C3CCC3)C[C@@H]2C(N)=O)cnn1C. The van der Waals surface area contributed by atoms with Crippen LogP contribution in [0.2, 0.25) is 0 Å². The fourth-order valence-electron chi connectivity index (χ4n) is 3.37. The second-order valence-corrected chi connectivity index (χ2v) is 5.96. The average Bonchev–Trinajstić information content (AvgIpc) is 2.83. The molecule has 3 rings (SSSR count). The maximum absolute atomic E-state index is 11.7. The molecule has 1 saturated carbocycles. The predicted molar refractivity (Wildman–Crippen MR) is 72.6 cm³/mol. The predicted octanol–water partition coefficient (Wildman–Crippen LogP) is 0.782. The summed E-state index contributed by atoms with van der Waals surface area (Å²) >= 11 is 0. The van der Waals surface area contributed by atoms with E-state index in [0.717, 1.165) is 18.8 Å². The van der Waals surface area contributed by atoms with Gasteiger partial charge in [-0.15, -0.1) is 0 Å². The molecule has 0 spiro atoms. The van der Waals surface area contributed by atoms with Gasteiger partial charge in [0.15, 0.2) is 0 Å². The van der Waals surface area contributed by atoms with Gasteiger partial charge in [0.2, 0.25) is 5.91 Å². The molecule has 1 aliphatic heterocycles. The van der Waals surface area contributed by atoms with E-state index in [0.29, 0.717) is 6.04 Å². The second kappa shape index (κ2) is 4.63. The molecule has 1 amide bonds. The quantitative estimate of drug-likeness (QED) is 0.875. The lowest BCUT2D eigenvalue weighted by Crippen LogP contribution is -2.39. The minimum atomic E-state index is -0.171. The first-order chi connectivity index (χ1) is 9.08. The normalized spacial score (nSPS) is 28.5. The minimum Gasteiger partial charge on any atom is -0.369 e. The molecule has 0 aromatic carbocycles. The molecule has 1 saturated heterocycles. The first kappa shape index (κ1) is 12.7. The van der Waals surface area contributed by atoms with E-state index >= 15 is 0 Å². The number of nitrogens with zero attached hydrogens (tertiary/aromatic N) is 3. The molecule has 104 valence electrons. The van der Waals surface area contributed by atoms with Crippen molar-refractivity contribution in [2.75, 3.05) is 13.1 Å². The number of rotatable bonds is 3. The van der Waals surface area contributed by atoms with Gasteiger partial charge in [0.1, 0.15) is 0 Å². The summed E-state index contributed by atoms with van der Waals surface area (Å²) in [5, 5.41) is 4.30. The fourth-order valence-corrected chi connectivity index (χ4v) is 3.37. The average molecular weight is 262 g/mol. The largest absolute Gasteiger partial charge is 0.369 e. The van der Waals surface area contributed by atoms with Crippen molar-refractivity contribution in [2.24, 2.45) is 18.7 Å². The highest BCUT2D eigenvalue weighted by Gasteiger charge is 2.42. The molecule has 1 aliphatic carbocycles. The fraction of sp³-hybridized carbons (Fsp3) is 0.714. The van der Waals surface area contributed by atoms with Crippen molar-refractivity contribution >= 4 is 5.91 Å². The van der Waals surface area contributed by atoms with Crippen molar-refractivity contribution in [2.45, 2.75) is 38.1 Å². The van der Waals surface area contributed by atoms with E-state index in [4.69, 9.17) is 5.73 Å². The molecule has 1 aromatic rings. The third-order valence-corrected chi connectivity index (χ3v) is 4.98. The Bertz CT molecular complexity index is 492. The van der Waals surface area contributed by atoms with E-state index in [9.17, 15) is 4.79 Å². The minimum absolute atomic E-state index is 0.0662. The lowest BCUT2D eigenvalue weighted by molar-refractivity contribution is -0.121. The van der Waals surface area contributed by atoms with E-state index in [1.54, 1.807) is 0 Å². The van der Waals surface area contributed by atoms with Crippen LogP contribution in [0.3, 0.4) is 0 Å². The maximum atomic E-state index is 11.7. The molecule has 0 unspecified atom stereocenters. The Morgan fingerprint density at radius 3 is 2.63 bits per heavy atom. The highest BCUT2D eigenvalue weighted by molar-refractivity contribution is 5.78. The van der Waals surface area contributed by atoms with Crippen molar-refractivity contribution in [1.29, 1.82) is 0 Å². The van der Waals surface area contributed by atoms with Gasteiger partial charge in [0.25, 0.3) is 0 Å². The van der Waals surface area contributed by atoms with Crippen LogP contribution in [0, 0.1) is 12.8 Å². The molecule has 2 fully saturated rings. The number of aryl methyl sites for hydroxylation is 1. The first-order valence-electron chi connectivity index (χ1n) is 7.09. The van der Waals surface area contributed by atoms with Crippen LogP contribution >= 0.6 is 0 Å². The van der Waals surface area contributed by atoms with Gasteiger partial charge in [-0.1, -0.05) is 6.42 Å². The standard InChI is InChI=1S/C14H22N4O/c1-9-11(6-16-17(9)2)12-7-18(10-4-3-5-10)8-13(12)14(15)19/h6,10,12-13H,3-5,7-8H2,1-2H3,(H2,15,19)/t12-,13+/m1/s1. The smallest absolute Gasteiger partial charge is 0.222 e. The molecule has 2 heterocycles. The Morgan fingerprint density at radius 1 is 1.42 bits per heavy atom. The molecular weight excluding hydrogens is 240 g/mol. The lowest BCUT2D eigenvalue weighted by atomic mass is 9.89. The van der Waals surface area contributed by atoms with Crippen molar-refractivity contribution in [3.8, 4) is 0 Å². The summed E-state index contributed by atoms with van der Waals surface area (Å²) in [7, 11) is 1.94. The topological polar surface area (TPSA) is 64.2 Å². The molecule has 0 bridgehead atoms. The van der Waals surface area contributed by atoms with Gasteiger partial charge in [0.05, 0.1) is 12.1 Å². The third kappa shape index (κ3) is 2.06. The monoisotopic (exact) mass is 262 g/mol. The van der Waals surface area contributed by atoms with Crippen LogP contribution in [-0.2, 0) is 11.8 Å². The van der Waals surface area contributed by atoms with Gasteiger partial charge in [0, 0.05) is 37.8 Å². The van der Waals surface area contributed by atoms with Gasteiger partial charge < -0.3 is 5.73 Å². The summed E-state index contributed by atoms with van der Waals surface area (Å²) < 4.78 is 1.87. The zero-order valence-corrected chi connectivity index (χ0v) is 11.7. The van der Waals surface area contributed by atoms with E-state index in [-0.39, 0.29) is 17.7 Å². The molecule has 5 heteroatoms. The van der Waals surface area contributed by atoms with Gasteiger partial charge >= 0.3 is 0 Å². The zero-order valence-electron chi connectivity index (χ0n) is 11.7. The van der Waals surface area contributed by atoms with Crippen molar-refractivity contribution in [1.82, 2.24) is 14.7 Å². The van der Waals surface area contributed by atoms with E-state index in [1.165, 1.54) is 24.8 Å².